The molecule has 1 aliphatic rings. The van der Waals surface area contributed by atoms with Gasteiger partial charge >= 0.3 is 84.3 Å². The fraction of sp³-hybridized carbons (Fsp3) is 0.162. The summed E-state index contributed by atoms with van der Waals surface area (Å²) >= 11 is 0. The molecule has 0 fully saturated rings. The van der Waals surface area contributed by atoms with E-state index in [0.29, 0.717) is 42.0 Å². The van der Waals surface area contributed by atoms with Crippen molar-refractivity contribution in [2.75, 3.05) is 7.05 Å². The summed E-state index contributed by atoms with van der Waals surface area (Å²) in [5, 5.41) is 11.3. The molecule has 15 nitrogen and oxygen atoms in total. The fourth-order valence-corrected chi connectivity index (χ4v) is 16.9. The van der Waals surface area contributed by atoms with E-state index in [1.165, 1.54) is 55.4 Å². The summed E-state index contributed by atoms with van der Waals surface area (Å²) in [5.41, 5.74) is 31.6. The Labute approximate surface area is 834 Å². The number of nitrogens with zero attached hydrogens (tertiary/aromatic N) is 15. The van der Waals surface area contributed by atoms with E-state index in [0.717, 1.165) is 185 Å². The quantitative estimate of drug-likeness (QED) is 0.0428. The topological polar surface area (TPSA) is 172 Å². The van der Waals surface area contributed by atoms with Crippen molar-refractivity contribution in [2.24, 2.45) is 19.2 Å². The summed E-state index contributed by atoms with van der Waals surface area (Å²) in [5.74, 6) is -2.93. The number of benzene rings is 6. The van der Waals surface area contributed by atoms with Gasteiger partial charge in [-0.05, 0) is 163 Å². The number of para-hydroxylation sites is 4. The minimum absolute atomic E-state index is 0. The third kappa shape index (κ3) is 21.7. The van der Waals surface area contributed by atoms with Crippen LogP contribution in [-0.2, 0) is 143 Å². The van der Waals surface area contributed by atoms with E-state index in [4.69, 9.17) is 45.0 Å². The summed E-state index contributed by atoms with van der Waals surface area (Å²) in [6, 6.07) is 89.4. The van der Waals surface area contributed by atoms with Crippen molar-refractivity contribution >= 4 is 61.8 Å². The number of fused-ring (bicyclic) bond motifs is 4. The molecular formula is C111H92F4N15Pt4+. The Morgan fingerprint density at radius 2 is 0.761 bits per heavy atom. The average Bonchev–Trinajstić information content (AvgIpc) is 1.72. The number of allylic oxidation sites excluding steroid dienone is 2. The summed E-state index contributed by atoms with van der Waals surface area (Å²) in [6.07, 6.45) is 13.6. The molecule has 0 saturated heterocycles. The van der Waals surface area contributed by atoms with Gasteiger partial charge in [-0.2, -0.15) is 0 Å². The van der Waals surface area contributed by atoms with E-state index >= 15 is 0 Å². The zero-order valence-corrected chi connectivity index (χ0v) is 84.5. The van der Waals surface area contributed by atoms with Crippen molar-refractivity contribution in [3.05, 3.63) is 415 Å². The zero-order valence-electron chi connectivity index (χ0n) is 75.4. The molecule has 14 heterocycles. The Kier molecular flexibility index (Phi) is 32.8. The molecule has 134 heavy (non-hydrogen) atoms. The largest absolute Gasteiger partial charge is 2.00 e. The third-order valence-corrected chi connectivity index (χ3v) is 23.7. The number of aryl methyl sites for hydroxylation is 4. The van der Waals surface area contributed by atoms with Crippen LogP contribution in [0.4, 0.5) is 17.6 Å². The monoisotopic (exact) mass is 2490 g/mol. The molecule has 0 spiro atoms. The molecule has 0 aliphatic carbocycles. The fourth-order valence-electron chi connectivity index (χ4n) is 16.9. The summed E-state index contributed by atoms with van der Waals surface area (Å²) < 4.78 is 60.5. The SMILES string of the molecule is CCc1c(C=C2N=[N+](C)C(C)=C2C)[n-]c(C=c2[n-]c(=Cc3ccccn3)c(CC)c2CC)c1CC.Cc1c(-c2cccc(Cc3cccc(-c4[n-]c5ccccc5c4C)n3)n2)[n-]c2ccccc12.Cn1c(-c2cccc(Cc3cccc(-c4[c-]c5ccccc5n4C)n3)n2)[c-]c2ccccc21.Fc1c[c-]c(-c2cccc(Cc3cccc(-c4[c-]cc(F)cc4F)n3)n2)c(F)c1.[Pt+2].[Pt+2].[Pt+2].[Pt+2]. The van der Waals surface area contributed by atoms with Gasteiger partial charge in [0.15, 0.2) is 7.05 Å². The minimum Gasteiger partial charge on any atom is -0.657 e. The first-order valence-electron chi connectivity index (χ1n) is 43.6. The number of hydrogen-bond acceptors (Lipinski definition) is 8. The van der Waals surface area contributed by atoms with Gasteiger partial charge in [0.2, 0.25) is 5.70 Å². The second kappa shape index (κ2) is 44.5. The van der Waals surface area contributed by atoms with Gasteiger partial charge in [-0.1, -0.05) is 241 Å². The molecule has 0 atom stereocenters. The second-order valence-electron chi connectivity index (χ2n) is 32.0. The number of azo groups is 2. The van der Waals surface area contributed by atoms with Crippen LogP contribution >= 0.6 is 0 Å². The zero-order chi connectivity index (χ0) is 90.2. The number of aromatic nitrogens is 13. The first kappa shape index (κ1) is 98.9. The molecular weight excluding hydrogens is 2400 g/mol. The predicted octanol–water partition coefficient (Wildman–Crippen LogP) is 22.4. The van der Waals surface area contributed by atoms with Crippen LogP contribution in [0.3, 0.4) is 0 Å². The summed E-state index contributed by atoms with van der Waals surface area (Å²) in [6.45, 7) is 17.3. The molecule has 0 bridgehead atoms. The van der Waals surface area contributed by atoms with Gasteiger partial charge in [0.05, 0.1) is 5.69 Å². The van der Waals surface area contributed by atoms with Crippen LogP contribution < -0.4 is 30.6 Å². The number of pyridine rings is 7. The van der Waals surface area contributed by atoms with E-state index in [1.54, 1.807) is 36.4 Å². The maximum atomic E-state index is 14.0. The Bertz CT molecular complexity index is 7120. The van der Waals surface area contributed by atoms with Crippen molar-refractivity contribution in [1.82, 2.24) is 64.0 Å². The molecule has 6 aromatic carbocycles. The molecule has 678 valence electrons. The third-order valence-electron chi connectivity index (χ3n) is 23.7. The van der Waals surface area contributed by atoms with Crippen molar-refractivity contribution in [2.45, 2.75) is 100 Å². The molecule has 0 radical (unpaired) electrons. The first-order valence-corrected chi connectivity index (χ1v) is 43.6. The van der Waals surface area contributed by atoms with Gasteiger partial charge in [-0.3, -0.25) is 42.5 Å². The van der Waals surface area contributed by atoms with Crippen molar-refractivity contribution in [3.8, 4) is 68.1 Å². The molecule has 1 aliphatic heterocycles. The Morgan fingerprint density at radius 1 is 0.388 bits per heavy atom. The second-order valence-corrected chi connectivity index (χ2v) is 32.0. The number of hydrogen-bond donors (Lipinski definition) is 0. The molecule has 0 amide bonds. The molecule has 0 saturated carbocycles. The van der Waals surface area contributed by atoms with Crippen LogP contribution in [0.5, 0.6) is 0 Å². The van der Waals surface area contributed by atoms with Crippen molar-refractivity contribution < 1.29 is 107 Å². The van der Waals surface area contributed by atoms with Crippen molar-refractivity contribution in [3.63, 3.8) is 0 Å². The normalized spacial score (nSPS) is 12.2. The van der Waals surface area contributed by atoms with Gasteiger partial charge in [0, 0.05) is 132 Å². The molecule has 19 aromatic rings. The molecule has 23 heteroatoms. The Morgan fingerprint density at radius 3 is 1.15 bits per heavy atom. The first-order chi connectivity index (χ1) is 63.2. The standard InChI is InChI=1S/C30H36N5.2C29H22N4.C23H12F4N2.4Pt/c1-8-22-23(9-2)29(32-27(22)16-21-14-12-13-15-31-21)18-30-25(11-4)24(10-3)28(33-30)17-26-19(5)20(6)35(7)34-26;1-18-22-11-3-5-13-24(22)32-28(18)26-15-7-9-20(30-26)17-21-10-8-16-27(31-21)29-19(2)23-12-4-6-14-25(23)33-29;1-32-26-15-5-3-9-20(26)17-28(32)24-13-7-11-22(30-24)19-23-12-8-14-25(31-23)29-18-21-10-4-6-16-27(21)33(29)2;24-14-7-9-18(20(26)11-14)22-5-1-3-16(28-22)13-17-4-2-6-23(29-17)19-10-8-15(25)12-21(19)27;;;;/h12-18H,8-11H2,1-7H3;3-16H,17H2,1-2H3;3-16H,19H2,1-2H3;1-8,11-12H,13H2;;;;/q-1;3*-2;4*+2. The summed E-state index contributed by atoms with van der Waals surface area (Å²) in [4.78, 5) is 52.9. The Balaban J connectivity index is 0.000000150. The minimum atomic E-state index is -0.753. The molecule has 0 unspecified atom stereocenters. The average molecular weight is 2490 g/mol. The maximum absolute atomic E-state index is 14.0. The van der Waals surface area contributed by atoms with Crippen LogP contribution in [0.2, 0.25) is 0 Å². The maximum Gasteiger partial charge on any atom is 2.00 e. The van der Waals surface area contributed by atoms with Gasteiger partial charge in [0.25, 0.3) is 0 Å². The van der Waals surface area contributed by atoms with Crippen LogP contribution in [0.1, 0.15) is 126 Å². The molecule has 0 N–H and O–H groups in total. The van der Waals surface area contributed by atoms with E-state index < -0.39 is 23.3 Å². The number of halogens is 4. The van der Waals surface area contributed by atoms with Crippen LogP contribution in [-0.4, -0.2) is 55.8 Å². The van der Waals surface area contributed by atoms with E-state index in [2.05, 4.69) is 245 Å². The van der Waals surface area contributed by atoms with Crippen LogP contribution in [0.25, 0.3) is 130 Å². The van der Waals surface area contributed by atoms with Crippen molar-refractivity contribution in [1.29, 1.82) is 0 Å². The van der Waals surface area contributed by atoms with Crippen LogP contribution in [0, 0.1) is 61.4 Å². The molecule has 13 aromatic heterocycles. The molecule has 20 rings (SSSR count). The van der Waals surface area contributed by atoms with Gasteiger partial charge in [-0.15, -0.1) is 116 Å². The summed E-state index contributed by atoms with van der Waals surface area (Å²) in [7, 11) is 6.12. The van der Waals surface area contributed by atoms with Gasteiger partial charge in [0.1, 0.15) is 5.70 Å². The smallest absolute Gasteiger partial charge is 0.657 e. The van der Waals surface area contributed by atoms with Gasteiger partial charge < -0.3 is 39.0 Å². The predicted molar refractivity (Wildman–Crippen MR) is 508 cm³/mol. The Hall–Kier alpha value is -12.6. The van der Waals surface area contributed by atoms with E-state index in [9.17, 15) is 17.6 Å². The van der Waals surface area contributed by atoms with Crippen LogP contribution in [0.15, 0.2) is 277 Å². The number of rotatable bonds is 19. The van der Waals surface area contributed by atoms with E-state index in [-0.39, 0.29) is 95.4 Å². The van der Waals surface area contributed by atoms with E-state index in [1.807, 2.05) is 96.8 Å². The van der Waals surface area contributed by atoms with Gasteiger partial charge in [-0.25, -0.2) is 0 Å².